The number of aldehydes is 1. The lowest BCUT2D eigenvalue weighted by Gasteiger charge is -2.63. The summed E-state index contributed by atoms with van der Waals surface area (Å²) in [4.78, 5) is 51.5. The summed E-state index contributed by atoms with van der Waals surface area (Å²) in [7, 11) is 1.51. The predicted octanol–water partition coefficient (Wildman–Crippen LogP) is 7.55. The van der Waals surface area contributed by atoms with Crippen molar-refractivity contribution in [1.29, 1.82) is 0 Å². The van der Waals surface area contributed by atoms with Gasteiger partial charge < -0.3 is 9.53 Å². The Morgan fingerprint density at radius 1 is 1.03 bits per heavy atom. The van der Waals surface area contributed by atoms with Gasteiger partial charge in [0.1, 0.15) is 12.1 Å². The van der Waals surface area contributed by atoms with Crippen molar-refractivity contribution in [3.8, 4) is 0 Å². The number of carbonyl (C=O) groups is 4. The molecule has 2 unspecified atom stereocenters. The molecule has 0 spiro atoms. The second-order valence-electron chi connectivity index (χ2n) is 15.8. The van der Waals surface area contributed by atoms with Gasteiger partial charge in [0, 0.05) is 5.41 Å². The fourth-order valence-corrected chi connectivity index (χ4v) is 9.38. The average molecular weight is 543 g/mol. The van der Waals surface area contributed by atoms with Gasteiger partial charge in [0.15, 0.2) is 5.78 Å². The van der Waals surface area contributed by atoms with Gasteiger partial charge in [-0.15, -0.1) is 0 Å². The van der Waals surface area contributed by atoms with Crippen molar-refractivity contribution in [2.75, 3.05) is 7.11 Å². The van der Waals surface area contributed by atoms with Crippen LogP contribution in [0.2, 0.25) is 0 Å². The maximum atomic E-state index is 13.4. The number of hydrogen-bond acceptors (Lipinski definition) is 5. The first-order valence-electron chi connectivity index (χ1n) is 15.1. The molecule has 3 saturated carbocycles. The normalized spacial score (nSPS) is 39.1. The van der Waals surface area contributed by atoms with Gasteiger partial charge >= 0.3 is 5.97 Å². The molecule has 6 atom stereocenters. The molecule has 0 amide bonds. The maximum Gasteiger partial charge on any atom is 0.312 e. The second kappa shape index (κ2) is 10.2. The molecule has 5 heteroatoms. The highest BCUT2D eigenvalue weighted by molar-refractivity contribution is 5.98. The number of fused-ring (bicyclic) bond motifs is 1. The van der Waals surface area contributed by atoms with Crippen LogP contribution in [0, 0.1) is 50.2 Å². The number of carbonyl (C=O) groups excluding carboxylic acids is 4. The first-order chi connectivity index (χ1) is 17.7. The van der Waals surface area contributed by atoms with Crippen LogP contribution in [0.15, 0.2) is 11.6 Å². The highest BCUT2D eigenvalue weighted by Gasteiger charge is 2.63. The molecular weight excluding hydrogens is 488 g/mol. The summed E-state index contributed by atoms with van der Waals surface area (Å²) in [6.45, 7) is 21.4. The minimum Gasteiger partial charge on any atom is -0.469 e. The van der Waals surface area contributed by atoms with Crippen molar-refractivity contribution in [3.05, 3.63) is 11.6 Å². The Kier molecular flexibility index (Phi) is 8.34. The Bertz CT molecular complexity index is 1050. The van der Waals surface area contributed by atoms with Crippen molar-refractivity contribution in [3.63, 3.8) is 0 Å². The van der Waals surface area contributed by atoms with E-state index in [2.05, 4.69) is 48.5 Å². The van der Waals surface area contributed by atoms with Crippen LogP contribution < -0.4 is 0 Å². The SMILES string of the molecule is COC(=O)[C@]1(CCC(C)(C)[C@]2(C)CC[C@H]3C(C)(C)C(=O)C(C=O)C[C@]3(C)/C2=C/C(C)=O)CCC(C)(C)CC1C. The van der Waals surface area contributed by atoms with Gasteiger partial charge in [-0.1, -0.05) is 67.9 Å². The van der Waals surface area contributed by atoms with E-state index in [9.17, 15) is 19.2 Å². The van der Waals surface area contributed by atoms with E-state index in [1.807, 2.05) is 19.9 Å². The molecule has 0 radical (unpaired) electrons. The maximum absolute atomic E-state index is 13.4. The van der Waals surface area contributed by atoms with E-state index in [1.165, 1.54) is 7.11 Å². The summed E-state index contributed by atoms with van der Waals surface area (Å²) in [6, 6.07) is 0. The zero-order valence-corrected chi connectivity index (χ0v) is 26.6. The first-order valence-corrected chi connectivity index (χ1v) is 15.1. The molecule has 0 heterocycles. The second-order valence-corrected chi connectivity index (χ2v) is 15.8. The summed E-state index contributed by atoms with van der Waals surface area (Å²) in [6.07, 6.45) is 9.19. The number of ketones is 2. The van der Waals surface area contributed by atoms with Gasteiger partial charge in [0.2, 0.25) is 0 Å². The molecule has 0 aromatic rings. The molecular formula is C34H54O5. The molecule has 5 nitrogen and oxygen atoms in total. The molecule has 39 heavy (non-hydrogen) atoms. The number of ether oxygens (including phenoxy) is 1. The van der Waals surface area contributed by atoms with Crippen LogP contribution in [-0.4, -0.2) is 30.9 Å². The predicted molar refractivity (Wildman–Crippen MR) is 155 cm³/mol. The third-order valence-electron chi connectivity index (χ3n) is 12.2. The zero-order valence-electron chi connectivity index (χ0n) is 26.6. The van der Waals surface area contributed by atoms with E-state index >= 15 is 0 Å². The molecule has 3 aliphatic carbocycles. The highest BCUT2D eigenvalue weighted by atomic mass is 16.5. The molecule has 3 aliphatic rings. The molecule has 3 rings (SSSR count). The minimum absolute atomic E-state index is 0.000393. The van der Waals surface area contributed by atoms with Crippen molar-refractivity contribution >= 4 is 23.8 Å². The van der Waals surface area contributed by atoms with Crippen LogP contribution in [0.4, 0.5) is 0 Å². The fourth-order valence-electron chi connectivity index (χ4n) is 9.38. The van der Waals surface area contributed by atoms with Crippen molar-refractivity contribution in [1.82, 2.24) is 0 Å². The third-order valence-corrected chi connectivity index (χ3v) is 12.2. The molecule has 0 N–H and O–H groups in total. The molecule has 3 fully saturated rings. The number of hydrogen-bond donors (Lipinski definition) is 0. The topological polar surface area (TPSA) is 77.5 Å². The van der Waals surface area contributed by atoms with Crippen LogP contribution in [0.25, 0.3) is 0 Å². The van der Waals surface area contributed by atoms with E-state index in [0.29, 0.717) is 6.42 Å². The smallest absolute Gasteiger partial charge is 0.312 e. The summed E-state index contributed by atoms with van der Waals surface area (Å²) >= 11 is 0. The Hall–Kier alpha value is -1.78. The van der Waals surface area contributed by atoms with E-state index in [0.717, 1.165) is 56.8 Å². The molecule has 0 saturated heterocycles. The lowest BCUT2D eigenvalue weighted by molar-refractivity contribution is -0.163. The van der Waals surface area contributed by atoms with Crippen molar-refractivity contribution in [2.24, 2.45) is 50.2 Å². The molecule has 0 aliphatic heterocycles. The Morgan fingerprint density at radius 3 is 2.15 bits per heavy atom. The van der Waals surface area contributed by atoms with Gasteiger partial charge in [-0.3, -0.25) is 14.4 Å². The fraction of sp³-hybridized carbons (Fsp3) is 0.824. The Morgan fingerprint density at radius 2 is 1.64 bits per heavy atom. The van der Waals surface area contributed by atoms with Crippen LogP contribution in [0.1, 0.15) is 121 Å². The van der Waals surface area contributed by atoms with Gasteiger partial charge in [0.05, 0.1) is 18.4 Å². The summed E-state index contributed by atoms with van der Waals surface area (Å²) in [5.74, 6) is -0.444. The summed E-state index contributed by atoms with van der Waals surface area (Å²) < 4.78 is 5.43. The van der Waals surface area contributed by atoms with Gasteiger partial charge in [-0.2, -0.15) is 0 Å². The lowest BCUT2D eigenvalue weighted by Crippen LogP contribution is -2.59. The van der Waals surface area contributed by atoms with Crippen LogP contribution >= 0.6 is 0 Å². The van der Waals surface area contributed by atoms with E-state index < -0.39 is 22.2 Å². The number of Topliss-reactive ketones (excluding diaryl/α,β-unsaturated/α-hetero) is 1. The number of methoxy groups -OCH3 is 1. The van der Waals surface area contributed by atoms with Crippen LogP contribution in [0.5, 0.6) is 0 Å². The quantitative estimate of drug-likeness (QED) is 0.144. The first kappa shape index (κ1) is 31.7. The lowest BCUT2D eigenvalue weighted by atomic mass is 9.40. The number of allylic oxidation sites excluding steroid dienone is 2. The van der Waals surface area contributed by atoms with Gasteiger partial charge in [0.25, 0.3) is 0 Å². The van der Waals surface area contributed by atoms with E-state index in [4.69, 9.17) is 4.74 Å². The molecule has 0 aromatic carbocycles. The van der Waals surface area contributed by atoms with E-state index in [-0.39, 0.29) is 45.6 Å². The van der Waals surface area contributed by atoms with Crippen LogP contribution in [-0.2, 0) is 23.9 Å². The number of rotatable bonds is 7. The average Bonchev–Trinajstić information content (AvgIpc) is 2.82. The third kappa shape index (κ3) is 5.10. The largest absolute Gasteiger partial charge is 0.469 e. The standard InChI is InChI=1S/C34H54O5/c1-22-19-29(3,4)14-16-34(22,28(38)39-11)17-15-30(5,6)33(10)13-12-25-31(7,8)27(37)24(21-35)20-32(25,9)26(33)18-23(2)36/h18,21-22,24-25H,12-17,19-20H2,1-11H3/b26-18-/t22?,24?,25-,32-,33+,34-/m0/s1. The van der Waals surface area contributed by atoms with Gasteiger partial charge in [-0.25, -0.2) is 0 Å². The van der Waals surface area contributed by atoms with Crippen LogP contribution in [0.3, 0.4) is 0 Å². The van der Waals surface area contributed by atoms with Crippen molar-refractivity contribution in [2.45, 2.75) is 121 Å². The zero-order chi connectivity index (χ0) is 29.8. The molecule has 220 valence electrons. The molecule has 0 bridgehead atoms. The number of esters is 1. The van der Waals surface area contributed by atoms with Crippen molar-refractivity contribution < 1.29 is 23.9 Å². The summed E-state index contributed by atoms with van der Waals surface area (Å²) in [5.41, 5.74) is -0.865. The Balaban J connectivity index is 2.05. The van der Waals surface area contributed by atoms with Gasteiger partial charge in [-0.05, 0) is 97.9 Å². The highest BCUT2D eigenvalue weighted by Crippen LogP contribution is 2.68. The van der Waals surface area contributed by atoms with E-state index in [1.54, 1.807) is 6.92 Å². The monoisotopic (exact) mass is 542 g/mol. The summed E-state index contributed by atoms with van der Waals surface area (Å²) in [5, 5.41) is 0. The minimum atomic E-state index is -0.656. The Labute approximate surface area is 237 Å². The molecule has 0 aromatic heterocycles.